The summed E-state index contributed by atoms with van der Waals surface area (Å²) in [7, 11) is 0. The van der Waals surface area contributed by atoms with Gasteiger partial charge in [-0.15, -0.1) is 22.7 Å². The largest absolute Gasteiger partial charge is 0.506 e. The molecule has 3 heterocycles. The van der Waals surface area contributed by atoms with Crippen molar-refractivity contribution in [3.63, 3.8) is 0 Å². The molecule has 38 heavy (non-hydrogen) atoms. The summed E-state index contributed by atoms with van der Waals surface area (Å²) in [5.41, 5.74) is 5.80. The normalized spacial score (nSPS) is 14.9. The minimum Gasteiger partial charge on any atom is -0.506 e. The number of hydrogen-bond donors (Lipinski definition) is 3. The van der Waals surface area contributed by atoms with Crippen LogP contribution >= 0.6 is 22.7 Å². The molecule has 1 aliphatic rings. The highest BCUT2D eigenvalue weighted by Crippen LogP contribution is 2.39. The molecule has 4 rings (SSSR count). The maximum absolute atomic E-state index is 12.6. The van der Waals surface area contributed by atoms with Gasteiger partial charge in [-0.1, -0.05) is 45.0 Å². The monoisotopic (exact) mass is 554 g/mol. The predicted octanol–water partition coefficient (Wildman–Crippen LogP) is 4.70. The molecule has 0 radical (unpaired) electrons. The number of thiophene rings is 2. The second kappa shape index (κ2) is 12.2. The number of nitrogens with zero attached hydrogens (tertiary/aromatic N) is 2. The standard InChI is InChI=1S/C28H34N4O4S2/c1-18(21-17-37-25(24(21)33)19-5-7-20(8-6-19)28(2,3)4)30-31-27(35)23-10-9-22(38-23)26(34)29-11-12-32-13-15-36-16-14-32/h5-10,17,33H,11-16H2,1-4H3,(H,29,34)(H,31,35). The molecule has 0 aliphatic carbocycles. The zero-order valence-electron chi connectivity index (χ0n) is 22.2. The molecule has 2 aromatic heterocycles. The van der Waals surface area contributed by atoms with Crippen LogP contribution in [0.1, 0.15) is 58.2 Å². The quantitative estimate of drug-likeness (QED) is 0.277. The van der Waals surface area contributed by atoms with Crippen LogP contribution in [-0.4, -0.2) is 66.9 Å². The van der Waals surface area contributed by atoms with Crippen LogP contribution in [0.2, 0.25) is 0 Å². The van der Waals surface area contributed by atoms with Crippen molar-refractivity contribution in [1.29, 1.82) is 0 Å². The number of hydrazone groups is 1. The summed E-state index contributed by atoms with van der Waals surface area (Å²) in [6.45, 7) is 12.7. The van der Waals surface area contributed by atoms with E-state index in [1.54, 1.807) is 19.1 Å². The number of aromatic hydroxyl groups is 1. The number of morpholine rings is 1. The van der Waals surface area contributed by atoms with Gasteiger partial charge in [0.2, 0.25) is 0 Å². The second-order valence-electron chi connectivity index (χ2n) is 10.2. The summed E-state index contributed by atoms with van der Waals surface area (Å²) in [5.74, 6) is -0.469. The summed E-state index contributed by atoms with van der Waals surface area (Å²) in [5, 5.41) is 19.8. The van der Waals surface area contributed by atoms with Crippen molar-refractivity contribution >= 4 is 40.2 Å². The van der Waals surface area contributed by atoms with Crippen molar-refractivity contribution < 1.29 is 19.4 Å². The van der Waals surface area contributed by atoms with E-state index < -0.39 is 5.91 Å². The third-order valence-corrected chi connectivity index (χ3v) is 8.46. The molecule has 0 spiro atoms. The van der Waals surface area contributed by atoms with Crippen LogP contribution in [0.5, 0.6) is 5.75 Å². The van der Waals surface area contributed by atoms with Crippen LogP contribution < -0.4 is 10.7 Å². The number of rotatable bonds is 8. The zero-order chi connectivity index (χ0) is 27.3. The van der Waals surface area contributed by atoms with Crippen LogP contribution in [0.4, 0.5) is 0 Å². The number of ether oxygens (including phenoxy) is 1. The molecule has 1 aliphatic heterocycles. The van der Waals surface area contributed by atoms with Crippen LogP contribution in [0.3, 0.4) is 0 Å². The van der Waals surface area contributed by atoms with Crippen molar-refractivity contribution in [3.05, 3.63) is 62.7 Å². The summed E-state index contributed by atoms with van der Waals surface area (Å²) in [6.07, 6.45) is 0. The van der Waals surface area contributed by atoms with E-state index in [-0.39, 0.29) is 17.1 Å². The van der Waals surface area contributed by atoms with Gasteiger partial charge in [0.25, 0.3) is 11.8 Å². The molecule has 0 bridgehead atoms. The number of hydrogen-bond acceptors (Lipinski definition) is 8. The molecule has 8 nitrogen and oxygen atoms in total. The van der Waals surface area contributed by atoms with Crippen molar-refractivity contribution in [2.24, 2.45) is 5.10 Å². The topological polar surface area (TPSA) is 103 Å². The third-order valence-electron chi connectivity index (χ3n) is 6.36. The van der Waals surface area contributed by atoms with E-state index in [9.17, 15) is 14.7 Å². The SMILES string of the molecule is CC(=NNC(=O)c1ccc(C(=O)NCCN2CCOCC2)s1)c1csc(-c2ccc(C(C)(C)C)cc2)c1O. The molecule has 0 atom stereocenters. The minimum absolute atomic E-state index is 0.0544. The van der Waals surface area contributed by atoms with E-state index in [4.69, 9.17) is 4.74 Å². The Labute approximate surface area is 231 Å². The first-order chi connectivity index (χ1) is 18.1. The first-order valence-corrected chi connectivity index (χ1v) is 14.3. The highest BCUT2D eigenvalue weighted by atomic mass is 32.1. The molecule has 3 aromatic rings. The fourth-order valence-electron chi connectivity index (χ4n) is 4.01. The van der Waals surface area contributed by atoms with Crippen LogP contribution in [0.15, 0.2) is 46.9 Å². The number of amides is 2. The molecule has 10 heteroatoms. The lowest BCUT2D eigenvalue weighted by molar-refractivity contribution is 0.0383. The lowest BCUT2D eigenvalue weighted by atomic mass is 9.86. The first kappa shape index (κ1) is 28.0. The van der Waals surface area contributed by atoms with E-state index in [1.807, 2.05) is 17.5 Å². The van der Waals surface area contributed by atoms with Gasteiger partial charge in [0, 0.05) is 31.6 Å². The highest BCUT2D eigenvalue weighted by molar-refractivity contribution is 7.16. The Morgan fingerprint density at radius 1 is 1.05 bits per heavy atom. The molecular weight excluding hydrogens is 520 g/mol. The smallest absolute Gasteiger partial charge is 0.281 e. The van der Waals surface area contributed by atoms with Crippen LogP contribution in [0, 0.1) is 0 Å². The number of carbonyl (C=O) groups excluding carboxylic acids is 2. The Morgan fingerprint density at radius 3 is 2.37 bits per heavy atom. The zero-order valence-corrected chi connectivity index (χ0v) is 23.8. The average Bonchev–Trinajstić information content (AvgIpc) is 3.55. The predicted molar refractivity (Wildman–Crippen MR) is 154 cm³/mol. The van der Waals surface area contributed by atoms with E-state index in [0.717, 1.165) is 54.6 Å². The fraction of sp³-hybridized carbons (Fsp3) is 0.393. The Balaban J connectivity index is 1.33. The third kappa shape index (κ3) is 6.87. The average molecular weight is 555 g/mol. The van der Waals surface area contributed by atoms with Crippen LogP contribution in [-0.2, 0) is 10.2 Å². The Hall–Kier alpha value is -3.05. The van der Waals surface area contributed by atoms with Gasteiger partial charge < -0.3 is 15.2 Å². The molecule has 1 aromatic carbocycles. The maximum Gasteiger partial charge on any atom is 0.281 e. The van der Waals surface area contributed by atoms with Gasteiger partial charge in [-0.25, -0.2) is 5.43 Å². The number of carbonyl (C=O) groups is 2. The Kier molecular flexibility index (Phi) is 8.99. The van der Waals surface area contributed by atoms with Crippen LogP contribution in [0.25, 0.3) is 10.4 Å². The van der Waals surface area contributed by atoms with E-state index in [1.165, 1.54) is 16.9 Å². The second-order valence-corrected chi connectivity index (χ2v) is 12.1. The van der Waals surface area contributed by atoms with Gasteiger partial charge in [-0.05, 0) is 35.6 Å². The van der Waals surface area contributed by atoms with Crippen molar-refractivity contribution in [2.45, 2.75) is 33.1 Å². The molecule has 202 valence electrons. The number of benzene rings is 1. The van der Waals surface area contributed by atoms with Gasteiger partial charge in [-0.3, -0.25) is 14.5 Å². The Bertz CT molecular complexity index is 1300. The van der Waals surface area contributed by atoms with Gasteiger partial charge >= 0.3 is 0 Å². The minimum atomic E-state index is -0.408. The van der Waals surface area contributed by atoms with Gasteiger partial charge in [0.05, 0.1) is 39.1 Å². The highest BCUT2D eigenvalue weighted by Gasteiger charge is 2.18. The maximum atomic E-state index is 12.6. The van der Waals surface area contributed by atoms with E-state index >= 15 is 0 Å². The summed E-state index contributed by atoms with van der Waals surface area (Å²) < 4.78 is 5.33. The molecule has 1 saturated heterocycles. The summed E-state index contributed by atoms with van der Waals surface area (Å²) in [6, 6.07) is 11.4. The molecule has 3 N–H and O–H groups in total. The molecule has 0 unspecified atom stereocenters. The van der Waals surface area contributed by atoms with Crippen molar-refractivity contribution in [2.75, 3.05) is 39.4 Å². The summed E-state index contributed by atoms with van der Waals surface area (Å²) in [4.78, 5) is 29.0. The van der Waals surface area contributed by atoms with E-state index in [0.29, 0.717) is 27.6 Å². The van der Waals surface area contributed by atoms with Gasteiger partial charge in [0.1, 0.15) is 5.75 Å². The van der Waals surface area contributed by atoms with Gasteiger partial charge in [0.15, 0.2) is 0 Å². The molecule has 2 amide bonds. The summed E-state index contributed by atoms with van der Waals surface area (Å²) >= 11 is 2.54. The van der Waals surface area contributed by atoms with Crippen molar-refractivity contribution in [1.82, 2.24) is 15.6 Å². The van der Waals surface area contributed by atoms with E-state index in [2.05, 4.69) is 53.6 Å². The number of nitrogens with one attached hydrogen (secondary N) is 2. The fourth-order valence-corrected chi connectivity index (χ4v) is 5.83. The van der Waals surface area contributed by atoms with Crippen molar-refractivity contribution in [3.8, 4) is 16.2 Å². The lowest BCUT2D eigenvalue weighted by Gasteiger charge is -2.26. The molecular formula is C28H34N4O4S2. The first-order valence-electron chi connectivity index (χ1n) is 12.6. The lowest BCUT2D eigenvalue weighted by Crippen LogP contribution is -2.41. The molecule has 1 fully saturated rings. The molecule has 0 saturated carbocycles. The Morgan fingerprint density at radius 2 is 1.71 bits per heavy atom. The van der Waals surface area contributed by atoms with Gasteiger partial charge in [-0.2, -0.15) is 5.10 Å².